The van der Waals surface area contributed by atoms with Gasteiger partial charge in [-0.2, -0.15) is 8.78 Å². The van der Waals surface area contributed by atoms with Gasteiger partial charge in [-0.3, -0.25) is 4.79 Å². The van der Waals surface area contributed by atoms with E-state index in [0.29, 0.717) is 17.4 Å². The molecule has 0 aliphatic rings. The molecule has 170 valence electrons. The molecule has 0 bridgehead atoms. The molecule has 1 amide bonds. The first-order chi connectivity index (χ1) is 15.2. The van der Waals surface area contributed by atoms with Crippen molar-refractivity contribution in [1.29, 1.82) is 0 Å². The zero-order chi connectivity index (χ0) is 23.3. The minimum Gasteiger partial charge on any atom is -0.325 e. The van der Waals surface area contributed by atoms with Crippen LogP contribution in [0.5, 0.6) is 0 Å². The van der Waals surface area contributed by atoms with Gasteiger partial charge < -0.3 is 9.88 Å². The molecular formula is C21H22F2N4O3S2. The number of aryl methyl sites for hydroxylation is 1. The Morgan fingerprint density at radius 3 is 2.50 bits per heavy atom. The smallest absolute Gasteiger partial charge is 0.325 e. The van der Waals surface area contributed by atoms with E-state index in [1.807, 2.05) is 42.7 Å². The van der Waals surface area contributed by atoms with Crippen LogP contribution >= 0.6 is 11.8 Å². The standard InChI is InChI=1S/C21H22F2N4O3S2/c1-3-11-27-19(15-6-4-5-14(2)12-15)25-26-21(27)31-13-18(28)24-16-7-9-17(10-8-16)32(29,30)20(22)23/h4-10,12,20H,3,11,13H2,1-2H3,(H,24,28). The normalized spacial score (nSPS) is 11.7. The summed E-state index contributed by atoms with van der Waals surface area (Å²) in [6.45, 7) is 4.73. The number of carbonyl (C=O) groups excluding carboxylic acids is 1. The van der Waals surface area contributed by atoms with E-state index in [4.69, 9.17) is 0 Å². The number of sulfone groups is 1. The molecule has 0 atom stereocenters. The van der Waals surface area contributed by atoms with Crippen LogP contribution in [-0.2, 0) is 21.2 Å². The Labute approximate surface area is 189 Å². The third-order valence-corrected chi connectivity index (χ3v) is 6.84. The van der Waals surface area contributed by atoms with Crippen LogP contribution < -0.4 is 5.32 Å². The minimum absolute atomic E-state index is 0.0484. The van der Waals surface area contributed by atoms with Gasteiger partial charge in [0.2, 0.25) is 15.7 Å². The van der Waals surface area contributed by atoms with Crippen LogP contribution in [0.4, 0.5) is 14.5 Å². The van der Waals surface area contributed by atoms with Gasteiger partial charge in [0.15, 0.2) is 11.0 Å². The highest BCUT2D eigenvalue weighted by Gasteiger charge is 2.26. The largest absolute Gasteiger partial charge is 0.341 e. The van der Waals surface area contributed by atoms with E-state index < -0.39 is 20.5 Å². The van der Waals surface area contributed by atoms with Gasteiger partial charge in [-0.05, 0) is 43.7 Å². The molecule has 0 aliphatic heterocycles. The lowest BCUT2D eigenvalue weighted by Crippen LogP contribution is -2.15. The molecule has 0 saturated heterocycles. The fourth-order valence-corrected chi connectivity index (χ4v) is 4.46. The molecular weight excluding hydrogens is 458 g/mol. The predicted octanol–water partition coefficient (Wildman–Crippen LogP) is 4.39. The van der Waals surface area contributed by atoms with Gasteiger partial charge in [0, 0.05) is 17.8 Å². The Morgan fingerprint density at radius 1 is 1.16 bits per heavy atom. The number of benzene rings is 2. The van der Waals surface area contributed by atoms with Crippen molar-refractivity contribution in [3.05, 3.63) is 54.1 Å². The van der Waals surface area contributed by atoms with Gasteiger partial charge in [0.25, 0.3) is 0 Å². The molecule has 0 aliphatic carbocycles. The van der Waals surface area contributed by atoms with Gasteiger partial charge in [0.1, 0.15) is 0 Å². The Kier molecular flexibility index (Phi) is 7.62. The summed E-state index contributed by atoms with van der Waals surface area (Å²) in [5.41, 5.74) is 2.36. The number of halogens is 2. The zero-order valence-electron chi connectivity index (χ0n) is 17.5. The van der Waals surface area contributed by atoms with E-state index >= 15 is 0 Å². The number of carbonyl (C=O) groups is 1. The summed E-state index contributed by atoms with van der Waals surface area (Å²) in [5, 5.41) is 11.8. The van der Waals surface area contributed by atoms with Crippen molar-refractivity contribution in [1.82, 2.24) is 14.8 Å². The molecule has 2 aromatic carbocycles. The van der Waals surface area contributed by atoms with Crippen molar-refractivity contribution in [2.24, 2.45) is 0 Å². The van der Waals surface area contributed by atoms with Crippen LogP contribution in [0.3, 0.4) is 0 Å². The van der Waals surface area contributed by atoms with Crippen LogP contribution in [0.15, 0.2) is 58.6 Å². The van der Waals surface area contributed by atoms with Crippen LogP contribution in [0.2, 0.25) is 0 Å². The van der Waals surface area contributed by atoms with Gasteiger partial charge >= 0.3 is 5.76 Å². The number of rotatable bonds is 9. The number of nitrogens with one attached hydrogen (secondary N) is 1. The first kappa shape index (κ1) is 23.9. The van der Waals surface area contributed by atoms with Crippen LogP contribution in [-0.4, -0.2) is 40.6 Å². The van der Waals surface area contributed by atoms with Gasteiger partial charge in [-0.1, -0.05) is 42.4 Å². The lowest BCUT2D eigenvalue weighted by molar-refractivity contribution is -0.113. The second-order valence-corrected chi connectivity index (χ2v) is 9.85. The van der Waals surface area contributed by atoms with Crippen molar-refractivity contribution in [3.8, 4) is 11.4 Å². The van der Waals surface area contributed by atoms with Crippen molar-refractivity contribution >= 4 is 33.2 Å². The number of hydrogen-bond acceptors (Lipinski definition) is 6. The average Bonchev–Trinajstić information content (AvgIpc) is 3.15. The highest BCUT2D eigenvalue weighted by molar-refractivity contribution is 7.99. The summed E-state index contributed by atoms with van der Waals surface area (Å²) in [6, 6.07) is 12.6. The highest BCUT2D eigenvalue weighted by atomic mass is 32.2. The van der Waals surface area contributed by atoms with E-state index in [9.17, 15) is 22.0 Å². The van der Waals surface area contributed by atoms with Crippen molar-refractivity contribution in [3.63, 3.8) is 0 Å². The van der Waals surface area contributed by atoms with Crippen LogP contribution in [0.25, 0.3) is 11.4 Å². The molecule has 0 radical (unpaired) electrons. The molecule has 3 aromatic rings. The Bertz CT molecular complexity index is 1200. The molecule has 0 fully saturated rings. The minimum atomic E-state index is -4.67. The maximum atomic E-state index is 12.6. The molecule has 0 spiro atoms. The first-order valence-corrected chi connectivity index (χ1v) is 12.3. The summed E-state index contributed by atoms with van der Waals surface area (Å²) < 4.78 is 50.2. The number of aromatic nitrogens is 3. The molecule has 0 saturated carbocycles. The second-order valence-electron chi connectivity index (χ2n) is 6.99. The van der Waals surface area contributed by atoms with E-state index in [1.54, 1.807) is 0 Å². The molecule has 1 heterocycles. The maximum Gasteiger partial charge on any atom is 0.341 e. The number of hydrogen-bond donors (Lipinski definition) is 1. The molecule has 7 nitrogen and oxygen atoms in total. The monoisotopic (exact) mass is 480 g/mol. The Balaban J connectivity index is 1.67. The SMILES string of the molecule is CCCn1c(SCC(=O)Nc2ccc(S(=O)(=O)C(F)F)cc2)nnc1-c1cccc(C)c1. The topological polar surface area (TPSA) is 94.0 Å². The average molecular weight is 481 g/mol. The molecule has 0 unspecified atom stereocenters. The number of alkyl halides is 2. The Hall–Kier alpha value is -2.79. The third kappa shape index (κ3) is 5.52. The van der Waals surface area contributed by atoms with E-state index in [1.165, 1.54) is 23.9 Å². The predicted molar refractivity (Wildman–Crippen MR) is 119 cm³/mol. The van der Waals surface area contributed by atoms with Crippen molar-refractivity contribution in [2.45, 2.75) is 42.6 Å². The molecule has 3 rings (SSSR count). The molecule has 32 heavy (non-hydrogen) atoms. The third-order valence-electron chi connectivity index (χ3n) is 4.47. The molecule has 1 aromatic heterocycles. The fraction of sp³-hybridized carbons (Fsp3) is 0.286. The van der Waals surface area contributed by atoms with Crippen LogP contribution in [0.1, 0.15) is 18.9 Å². The summed E-state index contributed by atoms with van der Waals surface area (Å²) in [6.07, 6.45) is 0.866. The first-order valence-electron chi connectivity index (χ1n) is 9.77. The van der Waals surface area contributed by atoms with E-state index in [-0.39, 0.29) is 11.7 Å². The number of anilines is 1. The summed E-state index contributed by atoms with van der Waals surface area (Å²) in [4.78, 5) is 11.8. The quantitative estimate of drug-likeness (QED) is 0.457. The van der Waals surface area contributed by atoms with E-state index in [0.717, 1.165) is 35.5 Å². The number of thioether (sulfide) groups is 1. The molecule has 11 heteroatoms. The summed E-state index contributed by atoms with van der Waals surface area (Å²) in [5.74, 6) is -3.06. The van der Waals surface area contributed by atoms with Gasteiger partial charge in [-0.15, -0.1) is 10.2 Å². The van der Waals surface area contributed by atoms with Crippen molar-refractivity contribution < 1.29 is 22.0 Å². The fourth-order valence-electron chi connectivity index (χ4n) is 2.98. The second kappa shape index (κ2) is 10.2. The molecule has 1 N–H and O–H groups in total. The lowest BCUT2D eigenvalue weighted by atomic mass is 10.1. The summed E-state index contributed by atoms with van der Waals surface area (Å²) >= 11 is 1.23. The summed E-state index contributed by atoms with van der Waals surface area (Å²) in [7, 11) is -4.67. The number of amides is 1. The zero-order valence-corrected chi connectivity index (χ0v) is 19.1. The lowest BCUT2D eigenvalue weighted by Gasteiger charge is -2.10. The number of nitrogens with zero attached hydrogens (tertiary/aromatic N) is 3. The van der Waals surface area contributed by atoms with E-state index in [2.05, 4.69) is 15.5 Å². The highest BCUT2D eigenvalue weighted by Crippen LogP contribution is 2.25. The van der Waals surface area contributed by atoms with Gasteiger partial charge in [0.05, 0.1) is 10.6 Å². The van der Waals surface area contributed by atoms with Gasteiger partial charge in [-0.25, -0.2) is 8.42 Å². The van der Waals surface area contributed by atoms with Crippen LogP contribution in [0, 0.1) is 6.92 Å². The Morgan fingerprint density at radius 2 is 1.88 bits per heavy atom. The van der Waals surface area contributed by atoms with Crippen molar-refractivity contribution in [2.75, 3.05) is 11.1 Å². The maximum absolute atomic E-state index is 12.6.